The van der Waals surface area contributed by atoms with Crippen molar-refractivity contribution in [1.29, 1.82) is 0 Å². The summed E-state index contributed by atoms with van der Waals surface area (Å²) in [6.45, 7) is 8.90. The van der Waals surface area contributed by atoms with E-state index < -0.39 is 0 Å². The standard InChI is InChI=1S/C39H41N5O4/c1-26-9-11-29(12-10-26)32-7-5-6-8-33(32)38(47)40-31-15-13-30(14-16-31)39(48)43-18-17-36(45)44(35-24-28(3)27(2)23-34(35)43)25-37(46)42-21-19-41(4)20-22-42/h5-16,23-24H,17-22,25H2,1-4H3,(H,40,47). The van der Waals surface area contributed by atoms with Crippen LogP contribution in [-0.4, -0.2) is 79.7 Å². The first-order valence-electron chi connectivity index (χ1n) is 16.4. The smallest absolute Gasteiger partial charge is 0.258 e. The lowest BCUT2D eigenvalue weighted by Gasteiger charge is -2.34. The number of carbonyl (C=O) groups excluding carboxylic acids is 4. The average molecular weight is 644 g/mol. The molecule has 0 radical (unpaired) electrons. The van der Waals surface area contributed by atoms with Crippen LogP contribution in [0.3, 0.4) is 0 Å². The summed E-state index contributed by atoms with van der Waals surface area (Å²) in [4.78, 5) is 61.4. The molecule has 0 saturated carbocycles. The summed E-state index contributed by atoms with van der Waals surface area (Å²) in [7, 11) is 2.03. The number of benzene rings is 4. The second-order valence-corrected chi connectivity index (χ2v) is 12.7. The van der Waals surface area contributed by atoms with Crippen molar-refractivity contribution in [3.05, 3.63) is 113 Å². The number of hydrogen-bond donors (Lipinski definition) is 1. The zero-order valence-electron chi connectivity index (χ0n) is 28.0. The molecule has 1 saturated heterocycles. The number of amides is 4. The normalized spacial score (nSPS) is 15.2. The Balaban J connectivity index is 1.22. The van der Waals surface area contributed by atoms with E-state index in [9.17, 15) is 19.2 Å². The lowest BCUT2D eigenvalue weighted by molar-refractivity contribution is -0.132. The lowest BCUT2D eigenvalue weighted by Crippen LogP contribution is -2.50. The molecule has 1 fully saturated rings. The van der Waals surface area contributed by atoms with Gasteiger partial charge in [0.1, 0.15) is 6.54 Å². The van der Waals surface area contributed by atoms with Crippen molar-refractivity contribution >= 4 is 40.7 Å². The van der Waals surface area contributed by atoms with Gasteiger partial charge in [0.05, 0.1) is 11.4 Å². The molecular weight excluding hydrogens is 602 g/mol. The van der Waals surface area contributed by atoms with Gasteiger partial charge in [0.25, 0.3) is 11.8 Å². The van der Waals surface area contributed by atoms with Crippen LogP contribution in [0.1, 0.15) is 43.8 Å². The van der Waals surface area contributed by atoms with Gasteiger partial charge in [-0.1, -0.05) is 48.0 Å². The molecule has 4 aromatic rings. The first-order valence-corrected chi connectivity index (χ1v) is 16.4. The van der Waals surface area contributed by atoms with Gasteiger partial charge in [0, 0.05) is 56.0 Å². The van der Waals surface area contributed by atoms with Crippen molar-refractivity contribution in [2.24, 2.45) is 0 Å². The van der Waals surface area contributed by atoms with E-state index in [1.165, 1.54) is 0 Å². The second kappa shape index (κ2) is 13.8. The van der Waals surface area contributed by atoms with Gasteiger partial charge in [-0.2, -0.15) is 0 Å². The molecule has 0 aromatic heterocycles. The number of anilines is 3. The fourth-order valence-corrected chi connectivity index (χ4v) is 6.21. The maximum absolute atomic E-state index is 14.0. The van der Waals surface area contributed by atoms with Gasteiger partial charge in [0.15, 0.2) is 0 Å². The zero-order chi connectivity index (χ0) is 33.9. The molecule has 4 amide bonds. The Morgan fingerprint density at radius 3 is 2.08 bits per heavy atom. The second-order valence-electron chi connectivity index (χ2n) is 12.7. The van der Waals surface area contributed by atoms with Crippen LogP contribution < -0.4 is 15.1 Å². The van der Waals surface area contributed by atoms with E-state index in [1.54, 1.807) is 40.1 Å². The quantitative estimate of drug-likeness (QED) is 0.292. The number of nitrogens with zero attached hydrogens (tertiary/aromatic N) is 4. The average Bonchev–Trinajstić information content (AvgIpc) is 3.21. The monoisotopic (exact) mass is 643 g/mol. The van der Waals surface area contributed by atoms with E-state index >= 15 is 0 Å². The molecule has 1 N–H and O–H groups in total. The fraction of sp³-hybridized carbons (Fsp3) is 0.282. The third-order valence-corrected chi connectivity index (χ3v) is 9.34. The highest BCUT2D eigenvalue weighted by Crippen LogP contribution is 2.36. The van der Waals surface area contributed by atoms with Crippen LogP contribution in [0, 0.1) is 20.8 Å². The Morgan fingerprint density at radius 1 is 0.750 bits per heavy atom. The van der Waals surface area contributed by atoms with E-state index in [0.29, 0.717) is 41.3 Å². The summed E-state index contributed by atoms with van der Waals surface area (Å²) in [6, 6.07) is 26.1. The number of likely N-dealkylation sites (N-methyl/N-ethyl adjacent to an activating group) is 1. The molecule has 0 bridgehead atoms. The number of carbonyl (C=O) groups is 4. The predicted octanol–water partition coefficient (Wildman–Crippen LogP) is 5.69. The fourth-order valence-electron chi connectivity index (χ4n) is 6.21. The summed E-state index contributed by atoms with van der Waals surface area (Å²) in [5, 5.41) is 2.97. The molecule has 0 atom stereocenters. The van der Waals surface area contributed by atoms with E-state index in [0.717, 1.165) is 40.9 Å². The van der Waals surface area contributed by atoms with Crippen molar-refractivity contribution in [2.75, 3.05) is 61.4 Å². The number of fused-ring (bicyclic) bond motifs is 1. The van der Waals surface area contributed by atoms with Crippen molar-refractivity contribution in [2.45, 2.75) is 27.2 Å². The van der Waals surface area contributed by atoms with Gasteiger partial charge >= 0.3 is 0 Å². The minimum Gasteiger partial charge on any atom is -0.339 e. The van der Waals surface area contributed by atoms with Crippen molar-refractivity contribution in [3.63, 3.8) is 0 Å². The summed E-state index contributed by atoms with van der Waals surface area (Å²) in [6.07, 6.45) is 0.0864. The molecule has 6 rings (SSSR count). The molecule has 2 aliphatic heterocycles. The van der Waals surface area contributed by atoms with Crippen LogP contribution in [-0.2, 0) is 9.59 Å². The minimum absolute atomic E-state index is 0.0679. The molecule has 0 spiro atoms. The maximum Gasteiger partial charge on any atom is 0.258 e. The number of rotatable bonds is 6. The Bertz CT molecular complexity index is 1860. The summed E-state index contributed by atoms with van der Waals surface area (Å²) in [5.74, 6) is -0.801. The molecule has 9 nitrogen and oxygen atoms in total. The van der Waals surface area contributed by atoms with E-state index in [1.807, 2.05) is 87.3 Å². The highest BCUT2D eigenvalue weighted by molar-refractivity contribution is 6.13. The van der Waals surface area contributed by atoms with E-state index in [2.05, 4.69) is 10.2 Å². The Morgan fingerprint density at radius 2 is 1.40 bits per heavy atom. The van der Waals surface area contributed by atoms with Crippen LogP contribution in [0.4, 0.5) is 17.1 Å². The summed E-state index contributed by atoms with van der Waals surface area (Å²) >= 11 is 0. The molecule has 4 aromatic carbocycles. The third kappa shape index (κ3) is 6.87. The van der Waals surface area contributed by atoms with Crippen LogP contribution in [0.25, 0.3) is 11.1 Å². The largest absolute Gasteiger partial charge is 0.339 e. The Kier molecular flexibility index (Phi) is 9.41. The van der Waals surface area contributed by atoms with Crippen molar-refractivity contribution in [3.8, 4) is 11.1 Å². The number of piperazine rings is 1. The molecule has 0 aliphatic carbocycles. The molecule has 0 unspecified atom stereocenters. The molecular formula is C39H41N5O4. The first kappa shape index (κ1) is 32.7. The number of hydrogen-bond acceptors (Lipinski definition) is 5. The van der Waals surface area contributed by atoms with E-state index in [4.69, 9.17) is 0 Å². The van der Waals surface area contributed by atoms with Gasteiger partial charge in [-0.15, -0.1) is 0 Å². The SMILES string of the molecule is Cc1ccc(-c2ccccc2C(=O)Nc2ccc(C(=O)N3CCC(=O)N(CC(=O)N4CCN(C)CC4)c4cc(C)c(C)cc43)cc2)cc1. The zero-order valence-corrected chi connectivity index (χ0v) is 28.0. The Hall–Kier alpha value is -5.28. The van der Waals surface area contributed by atoms with Gasteiger partial charge < -0.3 is 24.9 Å². The number of aryl methyl sites for hydroxylation is 3. The molecule has 2 aliphatic rings. The van der Waals surface area contributed by atoms with Crippen molar-refractivity contribution < 1.29 is 19.2 Å². The topological polar surface area (TPSA) is 93.3 Å². The molecule has 246 valence electrons. The maximum atomic E-state index is 14.0. The van der Waals surface area contributed by atoms with Crippen LogP contribution >= 0.6 is 0 Å². The summed E-state index contributed by atoms with van der Waals surface area (Å²) < 4.78 is 0. The Labute approximate surface area is 281 Å². The van der Waals surface area contributed by atoms with Gasteiger partial charge in [-0.3, -0.25) is 19.2 Å². The summed E-state index contributed by atoms with van der Waals surface area (Å²) in [5.41, 5.74) is 7.58. The highest BCUT2D eigenvalue weighted by atomic mass is 16.2. The van der Waals surface area contributed by atoms with Gasteiger partial charge in [-0.25, -0.2) is 0 Å². The number of nitrogens with one attached hydrogen (secondary N) is 1. The molecule has 48 heavy (non-hydrogen) atoms. The highest BCUT2D eigenvalue weighted by Gasteiger charge is 2.33. The van der Waals surface area contributed by atoms with Crippen LogP contribution in [0.5, 0.6) is 0 Å². The van der Waals surface area contributed by atoms with E-state index in [-0.39, 0.29) is 43.1 Å². The van der Waals surface area contributed by atoms with Crippen LogP contribution in [0.15, 0.2) is 84.9 Å². The van der Waals surface area contributed by atoms with Gasteiger partial charge in [0.2, 0.25) is 11.8 Å². The van der Waals surface area contributed by atoms with Crippen molar-refractivity contribution in [1.82, 2.24) is 9.80 Å². The first-order chi connectivity index (χ1) is 23.1. The van der Waals surface area contributed by atoms with Gasteiger partial charge in [-0.05, 0) is 92.5 Å². The lowest BCUT2D eigenvalue weighted by atomic mass is 9.98. The molecule has 2 heterocycles. The minimum atomic E-state index is -0.262. The van der Waals surface area contributed by atoms with Crippen LogP contribution in [0.2, 0.25) is 0 Å². The molecule has 9 heteroatoms. The predicted molar refractivity (Wildman–Crippen MR) is 190 cm³/mol. The third-order valence-electron chi connectivity index (χ3n) is 9.34.